The van der Waals surface area contributed by atoms with E-state index in [1.807, 2.05) is 0 Å². The lowest BCUT2D eigenvalue weighted by molar-refractivity contribution is -0.137. The minimum atomic E-state index is -4.44. The first-order valence-corrected chi connectivity index (χ1v) is 7.73. The Balaban J connectivity index is 2.06. The summed E-state index contributed by atoms with van der Waals surface area (Å²) in [4.78, 5) is 0. The van der Waals surface area contributed by atoms with E-state index in [0.717, 1.165) is 12.1 Å². The smallest absolute Gasteiger partial charge is 0.416 e. The summed E-state index contributed by atoms with van der Waals surface area (Å²) in [6, 6.07) is 9.10. The molecule has 0 aliphatic heterocycles. The van der Waals surface area contributed by atoms with Gasteiger partial charge < -0.3 is 10.4 Å². The second-order valence-electron chi connectivity index (χ2n) is 5.00. The third-order valence-electron chi connectivity index (χ3n) is 3.12. The van der Waals surface area contributed by atoms with Crippen LogP contribution in [0.1, 0.15) is 18.1 Å². The first-order valence-electron chi connectivity index (χ1n) is 6.94. The second-order valence-corrected chi connectivity index (χ2v) is 5.85. The highest BCUT2D eigenvalue weighted by Crippen LogP contribution is 2.30. The van der Waals surface area contributed by atoms with Crippen LogP contribution in [0.3, 0.4) is 0 Å². The van der Waals surface area contributed by atoms with Gasteiger partial charge in [-0.2, -0.15) is 18.3 Å². The molecule has 0 bridgehead atoms. The summed E-state index contributed by atoms with van der Waals surface area (Å²) in [6.07, 6.45) is -4.44. The van der Waals surface area contributed by atoms with Gasteiger partial charge in [-0.1, -0.05) is 17.7 Å². The molecule has 2 aromatic carbocycles. The van der Waals surface area contributed by atoms with E-state index in [9.17, 15) is 18.3 Å². The number of alkyl halides is 3. The van der Waals surface area contributed by atoms with Crippen LogP contribution in [-0.2, 0) is 6.18 Å². The molecule has 0 radical (unpaired) electrons. The predicted octanol–water partition coefficient (Wildman–Crippen LogP) is 4.78. The number of phenols is 1. The van der Waals surface area contributed by atoms with E-state index in [4.69, 9.17) is 23.8 Å². The Morgan fingerprint density at radius 3 is 2.60 bits per heavy atom. The molecule has 132 valence electrons. The topological polar surface area (TPSA) is 56.7 Å². The SMILES string of the molecule is CC(=NNC(=S)Nc1cccc(C(F)(F)F)c1)c1cc(Cl)ccc1O. The highest BCUT2D eigenvalue weighted by Gasteiger charge is 2.30. The molecule has 0 saturated carbocycles. The number of nitrogens with one attached hydrogen (secondary N) is 2. The van der Waals surface area contributed by atoms with E-state index >= 15 is 0 Å². The molecule has 0 fully saturated rings. The number of hydrogen-bond donors (Lipinski definition) is 3. The molecular formula is C16H13ClF3N3OS. The Bertz CT molecular complexity index is 825. The van der Waals surface area contributed by atoms with Crippen molar-refractivity contribution in [3.05, 3.63) is 58.6 Å². The Labute approximate surface area is 152 Å². The molecule has 2 aromatic rings. The minimum absolute atomic E-state index is 0.000178. The van der Waals surface area contributed by atoms with Gasteiger partial charge in [-0.3, -0.25) is 5.43 Å². The molecule has 0 spiro atoms. The molecule has 4 nitrogen and oxygen atoms in total. The van der Waals surface area contributed by atoms with Gasteiger partial charge in [0.15, 0.2) is 5.11 Å². The van der Waals surface area contributed by atoms with Crippen LogP contribution in [0, 0.1) is 0 Å². The molecule has 0 aromatic heterocycles. The van der Waals surface area contributed by atoms with E-state index in [1.165, 1.54) is 30.3 Å². The fourth-order valence-corrected chi connectivity index (χ4v) is 2.26. The van der Waals surface area contributed by atoms with Crippen LogP contribution < -0.4 is 10.7 Å². The Kier molecular flexibility index (Phi) is 5.86. The maximum absolute atomic E-state index is 12.7. The molecule has 0 unspecified atom stereocenters. The van der Waals surface area contributed by atoms with Gasteiger partial charge in [-0.05, 0) is 55.5 Å². The maximum Gasteiger partial charge on any atom is 0.416 e. The zero-order valence-corrected chi connectivity index (χ0v) is 14.4. The van der Waals surface area contributed by atoms with E-state index in [0.29, 0.717) is 16.3 Å². The van der Waals surface area contributed by atoms with Gasteiger partial charge in [0.1, 0.15) is 5.75 Å². The van der Waals surface area contributed by atoms with E-state index in [-0.39, 0.29) is 16.5 Å². The molecule has 9 heteroatoms. The van der Waals surface area contributed by atoms with Crippen LogP contribution >= 0.6 is 23.8 Å². The van der Waals surface area contributed by atoms with Crippen LogP contribution in [0.25, 0.3) is 0 Å². The number of halogens is 4. The molecule has 0 atom stereocenters. The fourth-order valence-electron chi connectivity index (χ4n) is 1.93. The average Bonchev–Trinajstić information content (AvgIpc) is 2.54. The van der Waals surface area contributed by atoms with E-state index < -0.39 is 11.7 Å². The second kappa shape index (κ2) is 7.71. The highest BCUT2D eigenvalue weighted by atomic mass is 35.5. The highest BCUT2D eigenvalue weighted by molar-refractivity contribution is 7.80. The lowest BCUT2D eigenvalue weighted by Gasteiger charge is -2.11. The zero-order chi connectivity index (χ0) is 18.6. The number of anilines is 1. The number of phenolic OH excluding ortho intramolecular Hbond substituents is 1. The number of hydrazone groups is 1. The van der Waals surface area contributed by atoms with Gasteiger partial charge in [0.2, 0.25) is 0 Å². The van der Waals surface area contributed by atoms with Crippen molar-refractivity contribution in [3.8, 4) is 5.75 Å². The minimum Gasteiger partial charge on any atom is -0.507 e. The Hall–Kier alpha value is -2.32. The quantitative estimate of drug-likeness (QED) is 0.403. The average molecular weight is 388 g/mol. The number of aromatic hydroxyl groups is 1. The Morgan fingerprint density at radius 1 is 1.20 bits per heavy atom. The van der Waals surface area contributed by atoms with Gasteiger partial charge >= 0.3 is 6.18 Å². The number of thiocarbonyl (C=S) groups is 1. The van der Waals surface area contributed by atoms with Crippen LogP contribution in [0.4, 0.5) is 18.9 Å². The number of benzene rings is 2. The van der Waals surface area contributed by atoms with Gasteiger partial charge in [0.25, 0.3) is 0 Å². The molecule has 3 N–H and O–H groups in total. The van der Waals surface area contributed by atoms with Crippen LogP contribution in [0.5, 0.6) is 5.75 Å². The van der Waals surface area contributed by atoms with Crippen molar-refractivity contribution in [2.75, 3.05) is 5.32 Å². The van der Waals surface area contributed by atoms with Crippen molar-refractivity contribution >= 4 is 40.3 Å². The normalized spacial score (nSPS) is 12.0. The largest absolute Gasteiger partial charge is 0.507 e. The molecular weight excluding hydrogens is 375 g/mol. The molecule has 0 aliphatic carbocycles. The fraction of sp³-hybridized carbons (Fsp3) is 0.125. The lowest BCUT2D eigenvalue weighted by Crippen LogP contribution is -2.25. The van der Waals surface area contributed by atoms with Gasteiger partial charge in [-0.25, -0.2) is 0 Å². The molecule has 0 amide bonds. The van der Waals surface area contributed by atoms with Crippen LogP contribution in [0.15, 0.2) is 47.6 Å². The summed E-state index contributed by atoms with van der Waals surface area (Å²) < 4.78 is 38.1. The molecule has 2 rings (SSSR count). The third-order valence-corrected chi connectivity index (χ3v) is 3.55. The van der Waals surface area contributed by atoms with E-state index in [1.54, 1.807) is 6.92 Å². The number of hydrogen-bond acceptors (Lipinski definition) is 3. The standard InChI is InChI=1S/C16H13ClF3N3OS/c1-9(13-8-11(17)5-6-14(13)24)22-23-15(25)21-12-4-2-3-10(7-12)16(18,19)20/h2-8,24H,1H3,(H2,21,23,25). The lowest BCUT2D eigenvalue weighted by atomic mass is 10.1. The van der Waals surface area contributed by atoms with Crippen molar-refractivity contribution in [1.29, 1.82) is 0 Å². The van der Waals surface area contributed by atoms with Crippen molar-refractivity contribution in [2.45, 2.75) is 13.1 Å². The van der Waals surface area contributed by atoms with Crippen molar-refractivity contribution in [1.82, 2.24) is 5.43 Å². The monoisotopic (exact) mass is 387 g/mol. The van der Waals surface area contributed by atoms with Crippen LogP contribution in [0.2, 0.25) is 5.02 Å². The summed E-state index contributed by atoms with van der Waals surface area (Å²) in [7, 11) is 0. The van der Waals surface area contributed by atoms with Gasteiger partial charge in [0, 0.05) is 16.3 Å². The predicted molar refractivity (Wildman–Crippen MR) is 96.1 cm³/mol. The van der Waals surface area contributed by atoms with Gasteiger partial charge in [0.05, 0.1) is 11.3 Å². The summed E-state index contributed by atoms with van der Waals surface area (Å²) >= 11 is 10.9. The molecule has 0 saturated heterocycles. The maximum atomic E-state index is 12.7. The van der Waals surface area contributed by atoms with Crippen LogP contribution in [-0.4, -0.2) is 15.9 Å². The number of rotatable bonds is 3. The van der Waals surface area contributed by atoms with Crippen molar-refractivity contribution in [2.24, 2.45) is 5.10 Å². The summed E-state index contributed by atoms with van der Waals surface area (Å²) in [5.74, 6) is -0.00999. The summed E-state index contributed by atoms with van der Waals surface area (Å²) in [5.41, 5.74) is 2.69. The van der Waals surface area contributed by atoms with Crippen molar-refractivity contribution in [3.63, 3.8) is 0 Å². The summed E-state index contributed by atoms with van der Waals surface area (Å²) in [6.45, 7) is 1.62. The molecule has 0 heterocycles. The third kappa shape index (κ3) is 5.33. The number of nitrogens with zero attached hydrogens (tertiary/aromatic N) is 1. The first kappa shape index (κ1) is 19.0. The van der Waals surface area contributed by atoms with Crippen molar-refractivity contribution < 1.29 is 18.3 Å². The zero-order valence-electron chi connectivity index (χ0n) is 12.9. The van der Waals surface area contributed by atoms with Gasteiger partial charge in [-0.15, -0.1) is 0 Å². The molecule has 0 aliphatic rings. The van der Waals surface area contributed by atoms with E-state index in [2.05, 4.69) is 15.8 Å². The Morgan fingerprint density at radius 2 is 1.92 bits per heavy atom. The summed E-state index contributed by atoms with van der Waals surface area (Å²) in [5, 5.41) is 16.8. The molecule has 25 heavy (non-hydrogen) atoms. The first-order chi connectivity index (χ1) is 11.7.